The van der Waals surface area contributed by atoms with Crippen LogP contribution in [0.4, 0.5) is 4.79 Å². The molecule has 0 saturated carbocycles. The highest BCUT2D eigenvalue weighted by Gasteiger charge is 2.00. The van der Waals surface area contributed by atoms with Gasteiger partial charge in [0.25, 0.3) is 0 Å². The lowest BCUT2D eigenvalue weighted by molar-refractivity contribution is 0.0737. The standard InChI is InChI=1S/C10H12O4/c1-13-10(12)14-6-5-8-3-2-4-9(11)7-8/h2-4,7,11H,5-6H2,1H3. The molecule has 0 unspecified atom stereocenters. The van der Waals surface area contributed by atoms with Gasteiger partial charge in [-0.1, -0.05) is 12.1 Å². The zero-order valence-electron chi connectivity index (χ0n) is 7.90. The van der Waals surface area contributed by atoms with Crippen LogP contribution in [0.3, 0.4) is 0 Å². The third kappa shape index (κ3) is 3.35. The van der Waals surface area contributed by atoms with E-state index in [1.54, 1.807) is 18.2 Å². The van der Waals surface area contributed by atoms with Gasteiger partial charge in [-0.15, -0.1) is 0 Å². The minimum atomic E-state index is -0.690. The van der Waals surface area contributed by atoms with Crippen LogP contribution in [0.25, 0.3) is 0 Å². The number of phenols is 1. The van der Waals surface area contributed by atoms with E-state index >= 15 is 0 Å². The average molecular weight is 196 g/mol. The SMILES string of the molecule is COC(=O)OCCc1cccc(O)c1. The van der Waals surface area contributed by atoms with Crippen molar-refractivity contribution in [2.24, 2.45) is 0 Å². The van der Waals surface area contributed by atoms with Gasteiger partial charge >= 0.3 is 6.16 Å². The van der Waals surface area contributed by atoms with E-state index in [9.17, 15) is 4.79 Å². The minimum Gasteiger partial charge on any atom is -0.508 e. The molecule has 0 amide bonds. The fraction of sp³-hybridized carbons (Fsp3) is 0.300. The molecule has 14 heavy (non-hydrogen) atoms. The van der Waals surface area contributed by atoms with E-state index in [2.05, 4.69) is 4.74 Å². The lowest BCUT2D eigenvalue weighted by atomic mass is 10.1. The topological polar surface area (TPSA) is 55.8 Å². The molecule has 0 aliphatic rings. The first kappa shape index (κ1) is 10.4. The Morgan fingerprint density at radius 2 is 2.29 bits per heavy atom. The van der Waals surface area contributed by atoms with Crippen molar-refractivity contribution in [1.29, 1.82) is 0 Å². The van der Waals surface area contributed by atoms with Crippen LogP contribution in [0.2, 0.25) is 0 Å². The summed E-state index contributed by atoms with van der Waals surface area (Å²) in [5, 5.41) is 9.14. The molecular formula is C10H12O4. The maximum atomic E-state index is 10.6. The molecule has 0 bridgehead atoms. The number of carbonyl (C=O) groups is 1. The van der Waals surface area contributed by atoms with Crippen molar-refractivity contribution in [2.45, 2.75) is 6.42 Å². The summed E-state index contributed by atoms with van der Waals surface area (Å²) in [6.45, 7) is 0.246. The Labute approximate surface area is 82.1 Å². The Kier molecular flexibility index (Phi) is 3.79. The van der Waals surface area contributed by atoms with Crippen molar-refractivity contribution in [1.82, 2.24) is 0 Å². The number of rotatable bonds is 3. The molecule has 76 valence electrons. The fourth-order valence-electron chi connectivity index (χ4n) is 1.02. The maximum absolute atomic E-state index is 10.6. The van der Waals surface area contributed by atoms with Crippen molar-refractivity contribution in [2.75, 3.05) is 13.7 Å². The van der Waals surface area contributed by atoms with Gasteiger partial charge in [-0.25, -0.2) is 4.79 Å². The predicted octanol–water partition coefficient (Wildman–Crippen LogP) is 1.72. The number of methoxy groups -OCH3 is 1. The average Bonchev–Trinajstić information content (AvgIpc) is 2.17. The van der Waals surface area contributed by atoms with Crippen LogP contribution in [0, 0.1) is 0 Å². The first-order chi connectivity index (χ1) is 6.72. The molecule has 1 rings (SSSR count). The summed E-state index contributed by atoms with van der Waals surface area (Å²) in [5.74, 6) is 0.209. The van der Waals surface area contributed by atoms with Crippen molar-refractivity contribution in [3.63, 3.8) is 0 Å². The van der Waals surface area contributed by atoms with E-state index in [4.69, 9.17) is 9.84 Å². The minimum absolute atomic E-state index is 0.209. The van der Waals surface area contributed by atoms with Crippen molar-refractivity contribution in [3.05, 3.63) is 29.8 Å². The molecule has 0 radical (unpaired) electrons. The van der Waals surface area contributed by atoms with Gasteiger partial charge in [0.05, 0.1) is 13.7 Å². The van der Waals surface area contributed by atoms with Gasteiger partial charge < -0.3 is 14.6 Å². The van der Waals surface area contributed by atoms with Crippen molar-refractivity contribution in [3.8, 4) is 5.75 Å². The first-order valence-corrected chi connectivity index (χ1v) is 4.21. The second kappa shape index (κ2) is 5.11. The summed E-state index contributed by atoms with van der Waals surface area (Å²) in [7, 11) is 1.26. The quantitative estimate of drug-likeness (QED) is 0.748. The highest BCUT2D eigenvalue weighted by Crippen LogP contribution is 2.11. The number of hydrogen-bond donors (Lipinski definition) is 1. The van der Waals surface area contributed by atoms with Gasteiger partial charge in [0.2, 0.25) is 0 Å². The molecule has 4 heteroatoms. The number of carbonyl (C=O) groups excluding carboxylic acids is 1. The lowest BCUT2D eigenvalue weighted by Gasteiger charge is -2.03. The first-order valence-electron chi connectivity index (χ1n) is 4.21. The summed E-state index contributed by atoms with van der Waals surface area (Å²) in [6, 6.07) is 6.80. The highest BCUT2D eigenvalue weighted by molar-refractivity contribution is 5.59. The van der Waals surface area contributed by atoms with E-state index in [0.29, 0.717) is 6.42 Å². The van der Waals surface area contributed by atoms with Gasteiger partial charge in [-0.2, -0.15) is 0 Å². The normalized spacial score (nSPS) is 9.50. The zero-order valence-corrected chi connectivity index (χ0v) is 7.90. The second-order valence-corrected chi connectivity index (χ2v) is 2.72. The molecule has 1 N–H and O–H groups in total. The van der Waals surface area contributed by atoms with E-state index < -0.39 is 6.16 Å². The molecular weight excluding hydrogens is 184 g/mol. The molecule has 0 saturated heterocycles. The van der Waals surface area contributed by atoms with Crippen LogP contribution >= 0.6 is 0 Å². The molecule has 1 aromatic carbocycles. The molecule has 0 aliphatic carbocycles. The Hall–Kier alpha value is -1.71. The van der Waals surface area contributed by atoms with Crippen molar-refractivity contribution < 1.29 is 19.4 Å². The van der Waals surface area contributed by atoms with Crippen LogP contribution in [0.15, 0.2) is 24.3 Å². The molecule has 0 aromatic heterocycles. The Bertz CT molecular complexity index is 309. The van der Waals surface area contributed by atoms with Crippen LogP contribution in [0.1, 0.15) is 5.56 Å². The third-order valence-corrected chi connectivity index (χ3v) is 1.69. The Morgan fingerprint density at radius 1 is 1.50 bits per heavy atom. The smallest absolute Gasteiger partial charge is 0.507 e. The summed E-state index contributed by atoms with van der Waals surface area (Å²) in [4.78, 5) is 10.6. The molecule has 1 aromatic rings. The Morgan fingerprint density at radius 3 is 2.93 bits per heavy atom. The van der Waals surface area contributed by atoms with E-state index in [1.165, 1.54) is 7.11 Å². The summed E-state index contributed by atoms with van der Waals surface area (Å²) in [5.41, 5.74) is 0.911. The van der Waals surface area contributed by atoms with Gasteiger partial charge in [0, 0.05) is 6.42 Å². The van der Waals surface area contributed by atoms with Crippen LogP contribution < -0.4 is 0 Å². The monoisotopic (exact) mass is 196 g/mol. The number of ether oxygens (including phenoxy) is 2. The van der Waals surface area contributed by atoms with Crippen LogP contribution in [-0.4, -0.2) is 25.0 Å². The molecule has 0 atom stereocenters. The fourth-order valence-corrected chi connectivity index (χ4v) is 1.02. The molecule has 0 spiro atoms. The van der Waals surface area contributed by atoms with Crippen LogP contribution in [0.5, 0.6) is 5.75 Å². The third-order valence-electron chi connectivity index (χ3n) is 1.69. The Balaban J connectivity index is 2.35. The van der Waals surface area contributed by atoms with Gasteiger partial charge in [0.15, 0.2) is 0 Å². The zero-order chi connectivity index (χ0) is 10.4. The highest BCUT2D eigenvalue weighted by atomic mass is 16.7. The van der Waals surface area contributed by atoms with Gasteiger partial charge in [-0.3, -0.25) is 0 Å². The summed E-state index contributed by atoms with van der Waals surface area (Å²) >= 11 is 0. The number of aromatic hydroxyl groups is 1. The predicted molar refractivity (Wildman–Crippen MR) is 50.2 cm³/mol. The summed E-state index contributed by atoms with van der Waals surface area (Å²) in [6.07, 6.45) is -0.131. The number of hydrogen-bond acceptors (Lipinski definition) is 4. The van der Waals surface area contributed by atoms with E-state index in [-0.39, 0.29) is 12.4 Å². The molecule has 4 nitrogen and oxygen atoms in total. The van der Waals surface area contributed by atoms with Crippen molar-refractivity contribution >= 4 is 6.16 Å². The lowest BCUT2D eigenvalue weighted by Crippen LogP contribution is -2.07. The summed E-state index contributed by atoms with van der Waals surface area (Å²) < 4.78 is 8.99. The van der Waals surface area contributed by atoms with Gasteiger partial charge in [0.1, 0.15) is 5.75 Å². The van der Waals surface area contributed by atoms with E-state index in [0.717, 1.165) is 5.56 Å². The van der Waals surface area contributed by atoms with Gasteiger partial charge in [-0.05, 0) is 17.7 Å². The second-order valence-electron chi connectivity index (χ2n) is 2.72. The number of benzene rings is 1. The molecule has 0 aliphatic heterocycles. The van der Waals surface area contributed by atoms with E-state index in [1.807, 2.05) is 6.07 Å². The maximum Gasteiger partial charge on any atom is 0.507 e. The largest absolute Gasteiger partial charge is 0.508 e. The molecule has 0 heterocycles. The van der Waals surface area contributed by atoms with Crippen LogP contribution in [-0.2, 0) is 15.9 Å². The molecule has 0 fully saturated rings. The number of phenolic OH excluding ortho intramolecular Hbond substituents is 1.